The standard InChI is InChI=1S/C30H35NO5S/c1-7-17(2)36-30(33)27-18(3)31-23-14-21(20-10-13-25(34-4)26(16-20)35-5)15-24(32)29(23)28(27)19-8-11-22(37-6)12-9-19/h8-13,16-17,21,28,31H,7,14-15H2,1-6H3. The Morgan fingerprint density at radius 3 is 2.35 bits per heavy atom. The van der Waals surface area contributed by atoms with E-state index in [-0.39, 0.29) is 23.8 Å². The molecule has 1 N–H and O–H groups in total. The molecular weight excluding hydrogens is 486 g/mol. The van der Waals surface area contributed by atoms with E-state index in [1.54, 1.807) is 26.0 Å². The van der Waals surface area contributed by atoms with Crippen LogP contribution in [0.2, 0.25) is 0 Å². The highest BCUT2D eigenvalue weighted by molar-refractivity contribution is 7.98. The molecule has 3 atom stereocenters. The first-order chi connectivity index (χ1) is 17.8. The summed E-state index contributed by atoms with van der Waals surface area (Å²) in [4.78, 5) is 28.3. The maximum absolute atomic E-state index is 13.8. The number of ether oxygens (including phenoxy) is 3. The molecule has 0 saturated heterocycles. The molecule has 4 rings (SSSR count). The van der Waals surface area contributed by atoms with Gasteiger partial charge in [-0.3, -0.25) is 4.79 Å². The van der Waals surface area contributed by atoms with Crippen LogP contribution in [0.25, 0.3) is 0 Å². The number of Topliss-reactive ketones (excluding diaryl/α,β-unsaturated/α-hetero) is 1. The van der Waals surface area contributed by atoms with Gasteiger partial charge >= 0.3 is 5.97 Å². The summed E-state index contributed by atoms with van der Waals surface area (Å²) in [6.07, 6.45) is 3.54. The van der Waals surface area contributed by atoms with Crippen LogP contribution >= 0.6 is 11.8 Å². The number of ketones is 1. The zero-order chi connectivity index (χ0) is 26.7. The molecule has 3 unspecified atom stereocenters. The number of hydrogen-bond acceptors (Lipinski definition) is 7. The maximum atomic E-state index is 13.8. The quantitative estimate of drug-likeness (QED) is 0.331. The lowest BCUT2D eigenvalue weighted by molar-refractivity contribution is -0.144. The maximum Gasteiger partial charge on any atom is 0.337 e. The van der Waals surface area contributed by atoms with Gasteiger partial charge in [0.25, 0.3) is 0 Å². The molecule has 0 amide bonds. The summed E-state index contributed by atoms with van der Waals surface area (Å²) >= 11 is 1.66. The van der Waals surface area contributed by atoms with Crippen molar-refractivity contribution in [3.63, 3.8) is 0 Å². The Labute approximate surface area is 223 Å². The first kappa shape index (κ1) is 26.9. The minimum atomic E-state index is -0.470. The monoisotopic (exact) mass is 521 g/mol. The molecule has 1 heterocycles. The van der Waals surface area contributed by atoms with Crippen LogP contribution in [0.1, 0.15) is 63.0 Å². The van der Waals surface area contributed by atoms with Crippen LogP contribution in [0.4, 0.5) is 0 Å². The summed E-state index contributed by atoms with van der Waals surface area (Å²) in [5.41, 5.74) is 4.70. The van der Waals surface area contributed by atoms with Crippen molar-refractivity contribution in [2.45, 2.75) is 62.9 Å². The number of dihydropyridines is 1. The number of allylic oxidation sites excluding steroid dienone is 3. The van der Waals surface area contributed by atoms with Crippen LogP contribution in [-0.2, 0) is 14.3 Å². The first-order valence-electron chi connectivity index (χ1n) is 12.6. The number of rotatable bonds is 8. The summed E-state index contributed by atoms with van der Waals surface area (Å²) < 4.78 is 16.6. The lowest BCUT2D eigenvalue weighted by Gasteiger charge is -2.37. The average Bonchev–Trinajstić information content (AvgIpc) is 2.91. The molecular formula is C30H35NO5S. The Hall–Kier alpha value is -3.19. The molecule has 0 spiro atoms. The van der Waals surface area contributed by atoms with Gasteiger partial charge in [-0.1, -0.05) is 25.1 Å². The smallest absolute Gasteiger partial charge is 0.337 e. The third-order valence-corrected chi connectivity index (χ3v) is 8.00. The zero-order valence-corrected chi connectivity index (χ0v) is 23.2. The molecule has 1 aliphatic heterocycles. The van der Waals surface area contributed by atoms with Crippen LogP contribution in [0, 0.1) is 0 Å². The number of carbonyl (C=O) groups is 2. The number of carbonyl (C=O) groups excluding carboxylic acids is 2. The van der Waals surface area contributed by atoms with Gasteiger partial charge in [0, 0.05) is 34.2 Å². The van der Waals surface area contributed by atoms with Crippen LogP contribution < -0.4 is 14.8 Å². The van der Waals surface area contributed by atoms with E-state index >= 15 is 0 Å². The van der Waals surface area contributed by atoms with Crippen LogP contribution in [0.15, 0.2) is 69.9 Å². The highest BCUT2D eigenvalue weighted by Gasteiger charge is 2.41. The molecule has 0 saturated carbocycles. The number of hydrogen-bond donors (Lipinski definition) is 1. The summed E-state index contributed by atoms with van der Waals surface area (Å²) in [6.45, 7) is 5.76. The SMILES string of the molecule is CCC(C)OC(=O)C1=C(C)NC2=C(C(=O)CC(c3ccc(OC)c(OC)c3)C2)C1c1ccc(SC)cc1. The van der Waals surface area contributed by atoms with E-state index in [1.807, 2.05) is 69.5 Å². The molecule has 0 bridgehead atoms. The molecule has 2 aromatic carbocycles. The average molecular weight is 522 g/mol. The molecule has 196 valence electrons. The number of benzene rings is 2. The van der Waals surface area contributed by atoms with Gasteiger partial charge in [-0.25, -0.2) is 4.79 Å². The normalized spacial score (nSPS) is 20.2. The summed E-state index contributed by atoms with van der Waals surface area (Å²) in [6, 6.07) is 13.9. The van der Waals surface area contributed by atoms with E-state index in [4.69, 9.17) is 14.2 Å². The van der Waals surface area contributed by atoms with E-state index in [1.165, 1.54) is 0 Å². The van der Waals surface area contributed by atoms with Crippen molar-refractivity contribution in [1.82, 2.24) is 5.32 Å². The largest absolute Gasteiger partial charge is 0.493 e. The molecule has 6 nitrogen and oxygen atoms in total. The lowest BCUT2D eigenvalue weighted by atomic mass is 9.71. The topological polar surface area (TPSA) is 73.9 Å². The van der Waals surface area contributed by atoms with Crippen molar-refractivity contribution >= 4 is 23.5 Å². The molecule has 0 radical (unpaired) electrons. The van der Waals surface area contributed by atoms with Gasteiger partial charge in [0.1, 0.15) is 0 Å². The highest BCUT2D eigenvalue weighted by Crippen LogP contribution is 2.46. The molecule has 37 heavy (non-hydrogen) atoms. The fourth-order valence-corrected chi connectivity index (χ4v) is 5.52. The second-order valence-corrected chi connectivity index (χ2v) is 10.4. The van der Waals surface area contributed by atoms with Gasteiger partial charge in [-0.15, -0.1) is 11.8 Å². The van der Waals surface area contributed by atoms with Crippen LogP contribution in [0.5, 0.6) is 11.5 Å². The number of nitrogens with one attached hydrogen (secondary N) is 1. The van der Waals surface area contributed by atoms with E-state index < -0.39 is 5.92 Å². The molecule has 0 aromatic heterocycles. The Morgan fingerprint density at radius 1 is 1.05 bits per heavy atom. The Balaban J connectivity index is 1.76. The van der Waals surface area contributed by atoms with Gasteiger partial charge in [-0.2, -0.15) is 0 Å². The van der Waals surface area contributed by atoms with Gasteiger partial charge in [-0.05, 0) is 74.3 Å². The predicted octanol–water partition coefficient (Wildman–Crippen LogP) is 6.13. The number of methoxy groups -OCH3 is 2. The van der Waals surface area contributed by atoms with Crippen molar-refractivity contribution in [3.8, 4) is 11.5 Å². The molecule has 2 aliphatic rings. The van der Waals surface area contributed by atoms with Crippen molar-refractivity contribution < 1.29 is 23.8 Å². The first-order valence-corrected chi connectivity index (χ1v) is 13.8. The van der Waals surface area contributed by atoms with E-state index in [2.05, 4.69) is 5.32 Å². The van der Waals surface area contributed by atoms with Crippen molar-refractivity contribution in [3.05, 3.63) is 76.1 Å². The molecule has 2 aromatic rings. The van der Waals surface area contributed by atoms with Crippen LogP contribution in [0.3, 0.4) is 0 Å². The summed E-state index contributed by atoms with van der Waals surface area (Å²) in [5, 5.41) is 3.42. The van der Waals surface area contributed by atoms with Crippen molar-refractivity contribution in [2.75, 3.05) is 20.5 Å². The number of esters is 1. The van der Waals surface area contributed by atoms with Gasteiger partial charge in [0.05, 0.1) is 25.9 Å². The predicted molar refractivity (Wildman–Crippen MR) is 146 cm³/mol. The second kappa shape index (κ2) is 11.5. The van der Waals surface area contributed by atoms with E-state index in [0.29, 0.717) is 35.5 Å². The summed E-state index contributed by atoms with van der Waals surface area (Å²) in [7, 11) is 3.22. The molecule has 7 heteroatoms. The van der Waals surface area contributed by atoms with Gasteiger partial charge in [0.2, 0.25) is 0 Å². The van der Waals surface area contributed by atoms with Crippen molar-refractivity contribution in [2.24, 2.45) is 0 Å². The fourth-order valence-electron chi connectivity index (χ4n) is 5.11. The number of thioether (sulfide) groups is 1. The molecule has 1 aliphatic carbocycles. The lowest BCUT2D eigenvalue weighted by Crippen LogP contribution is -2.36. The minimum Gasteiger partial charge on any atom is -0.493 e. The fraction of sp³-hybridized carbons (Fsp3) is 0.400. The molecule has 0 fully saturated rings. The second-order valence-electron chi connectivity index (χ2n) is 9.53. The minimum absolute atomic E-state index is 0.0144. The Kier molecular flexibility index (Phi) is 8.32. The van der Waals surface area contributed by atoms with E-state index in [0.717, 1.165) is 33.8 Å². The van der Waals surface area contributed by atoms with Crippen LogP contribution in [-0.4, -0.2) is 38.3 Å². The zero-order valence-electron chi connectivity index (χ0n) is 22.3. The van der Waals surface area contributed by atoms with Crippen molar-refractivity contribution in [1.29, 1.82) is 0 Å². The summed E-state index contributed by atoms with van der Waals surface area (Å²) in [5.74, 6) is 0.471. The highest BCUT2D eigenvalue weighted by atomic mass is 32.2. The van der Waals surface area contributed by atoms with E-state index in [9.17, 15) is 9.59 Å². The van der Waals surface area contributed by atoms with Gasteiger partial charge < -0.3 is 19.5 Å². The Morgan fingerprint density at radius 2 is 1.73 bits per heavy atom. The van der Waals surface area contributed by atoms with Gasteiger partial charge in [0.15, 0.2) is 17.3 Å². The third-order valence-electron chi connectivity index (χ3n) is 7.26. The third kappa shape index (κ3) is 5.42. The Bertz CT molecular complexity index is 1250.